The maximum atomic E-state index is 13.1. The summed E-state index contributed by atoms with van der Waals surface area (Å²) in [4.78, 5) is 13.2. The third kappa shape index (κ3) is 3.05. The average Bonchev–Trinajstić information content (AvgIpc) is 3.12. The summed E-state index contributed by atoms with van der Waals surface area (Å²) in [6.07, 6.45) is 4.33. The fourth-order valence-electron chi connectivity index (χ4n) is 2.10. The van der Waals surface area contributed by atoms with Gasteiger partial charge in [-0.3, -0.25) is 4.79 Å². The lowest BCUT2D eigenvalue weighted by atomic mass is 10.1. The normalized spacial score (nSPS) is 14.7. The molecule has 0 saturated heterocycles. The first-order chi connectivity index (χ1) is 8.24. The van der Waals surface area contributed by atoms with Crippen molar-refractivity contribution >= 4 is 12.0 Å². The van der Waals surface area contributed by atoms with E-state index in [1.807, 2.05) is 0 Å². The highest BCUT2D eigenvalue weighted by Crippen LogP contribution is 2.32. The van der Waals surface area contributed by atoms with Gasteiger partial charge in [-0.1, -0.05) is 6.92 Å². The average molecular weight is 235 g/mol. The van der Waals surface area contributed by atoms with Crippen molar-refractivity contribution in [2.24, 2.45) is 5.92 Å². The van der Waals surface area contributed by atoms with E-state index in [1.54, 1.807) is 6.07 Å². The second-order valence-electron chi connectivity index (χ2n) is 4.71. The third-order valence-corrected chi connectivity index (χ3v) is 3.13. The molecular weight excluding hydrogens is 217 g/mol. The van der Waals surface area contributed by atoms with E-state index in [9.17, 15) is 9.18 Å². The standard InChI is InChI=1S/C14H18FNO/c1-2-7-16(9-11-3-4-11)14-6-5-13(15)8-12(14)10-17/h5-6,8,10-11H,2-4,7,9H2,1H3. The summed E-state index contributed by atoms with van der Waals surface area (Å²) in [7, 11) is 0. The van der Waals surface area contributed by atoms with E-state index < -0.39 is 0 Å². The molecule has 1 aromatic carbocycles. The van der Waals surface area contributed by atoms with Gasteiger partial charge < -0.3 is 4.90 Å². The minimum Gasteiger partial charge on any atom is -0.371 e. The number of carbonyl (C=O) groups is 1. The van der Waals surface area contributed by atoms with Gasteiger partial charge in [0.05, 0.1) is 0 Å². The Balaban J connectivity index is 2.23. The first-order valence-corrected chi connectivity index (χ1v) is 6.24. The maximum Gasteiger partial charge on any atom is 0.152 e. The molecule has 0 atom stereocenters. The van der Waals surface area contributed by atoms with Crippen LogP contribution in [-0.2, 0) is 0 Å². The lowest BCUT2D eigenvalue weighted by molar-refractivity contribution is 0.112. The van der Waals surface area contributed by atoms with E-state index in [2.05, 4.69) is 11.8 Å². The summed E-state index contributed by atoms with van der Waals surface area (Å²) >= 11 is 0. The quantitative estimate of drug-likeness (QED) is 0.705. The first kappa shape index (κ1) is 12.1. The summed E-state index contributed by atoms with van der Waals surface area (Å²) in [5.74, 6) is 0.407. The van der Waals surface area contributed by atoms with Crippen LogP contribution in [0, 0.1) is 11.7 Å². The minimum atomic E-state index is -0.348. The number of carbonyl (C=O) groups excluding carboxylic acids is 1. The molecule has 0 spiro atoms. The second-order valence-corrected chi connectivity index (χ2v) is 4.71. The highest BCUT2D eigenvalue weighted by atomic mass is 19.1. The fourth-order valence-corrected chi connectivity index (χ4v) is 2.10. The van der Waals surface area contributed by atoms with Crippen molar-refractivity contribution in [3.05, 3.63) is 29.6 Å². The van der Waals surface area contributed by atoms with Crippen molar-refractivity contribution < 1.29 is 9.18 Å². The van der Waals surface area contributed by atoms with Gasteiger partial charge >= 0.3 is 0 Å². The zero-order valence-corrected chi connectivity index (χ0v) is 10.2. The number of anilines is 1. The van der Waals surface area contributed by atoms with Crippen molar-refractivity contribution in [3.8, 4) is 0 Å². The number of benzene rings is 1. The maximum absolute atomic E-state index is 13.1. The molecule has 1 aromatic rings. The van der Waals surface area contributed by atoms with Crippen molar-refractivity contribution in [2.75, 3.05) is 18.0 Å². The molecule has 0 bridgehead atoms. The molecule has 2 rings (SSSR count). The Hall–Kier alpha value is -1.38. The lowest BCUT2D eigenvalue weighted by Gasteiger charge is -2.25. The number of nitrogens with zero attached hydrogens (tertiary/aromatic N) is 1. The van der Waals surface area contributed by atoms with Gasteiger partial charge in [-0.25, -0.2) is 4.39 Å². The van der Waals surface area contributed by atoms with E-state index in [1.165, 1.54) is 25.0 Å². The minimum absolute atomic E-state index is 0.348. The Morgan fingerprint density at radius 3 is 2.82 bits per heavy atom. The molecule has 1 saturated carbocycles. The monoisotopic (exact) mass is 235 g/mol. The summed E-state index contributed by atoms with van der Waals surface area (Å²) < 4.78 is 13.1. The molecule has 0 unspecified atom stereocenters. The Bertz CT molecular complexity index is 401. The van der Waals surface area contributed by atoms with Gasteiger partial charge in [0.25, 0.3) is 0 Å². The molecule has 92 valence electrons. The van der Waals surface area contributed by atoms with Crippen LogP contribution in [0.4, 0.5) is 10.1 Å². The lowest BCUT2D eigenvalue weighted by Crippen LogP contribution is -2.27. The summed E-state index contributed by atoms with van der Waals surface area (Å²) in [5.41, 5.74) is 1.33. The summed E-state index contributed by atoms with van der Waals surface area (Å²) in [6, 6.07) is 4.47. The van der Waals surface area contributed by atoms with E-state index in [-0.39, 0.29) is 5.82 Å². The van der Waals surface area contributed by atoms with Crippen molar-refractivity contribution in [1.29, 1.82) is 0 Å². The fraction of sp³-hybridized carbons (Fsp3) is 0.500. The van der Waals surface area contributed by atoms with E-state index in [0.717, 1.165) is 37.4 Å². The summed E-state index contributed by atoms with van der Waals surface area (Å²) in [5, 5.41) is 0. The van der Waals surface area contributed by atoms with Crippen molar-refractivity contribution in [1.82, 2.24) is 0 Å². The van der Waals surface area contributed by atoms with Crippen LogP contribution < -0.4 is 4.90 Å². The van der Waals surface area contributed by atoms with Crippen LogP contribution in [0.1, 0.15) is 36.5 Å². The van der Waals surface area contributed by atoms with Crippen LogP contribution in [0.3, 0.4) is 0 Å². The van der Waals surface area contributed by atoms with Gasteiger partial charge in [0, 0.05) is 24.3 Å². The Morgan fingerprint density at radius 1 is 1.47 bits per heavy atom. The number of hydrogen-bond acceptors (Lipinski definition) is 2. The molecule has 1 aliphatic rings. The smallest absolute Gasteiger partial charge is 0.152 e. The Morgan fingerprint density at radius 2 is 2.24 bits per heavy atom. The molecule has 2 nitrogen and oxygen atoms in total. The number of hydrogen-bond donors (Lipinski definition) is 0. The van der Waals surface area contributed by atoms with Crippen LogP contribution in [-0.4, -0.2) is 19.4 Å². The van der Waals surface area contributed by atoms with Gasteiger partial charge in [-0.15, -0.1) is 0 Å². The first-order valence-electron chi connectivity index (χ1n) is 6.24. The van der Waals surface area contributed by atoms with E-state index in [4.69, 9.17) is 0 Å². The SMILES string of the molecule is CCCN(CC1CC1)c1ccc(F)cc1C=O. The molecule has 1 fully saturated rings. The van der Waals surface area contributed by atoms with Gasteiger partial charge in [0.15, 0.2) is 6.29 Å². The largest absolute Gasteiger partial charge is 0.371 e. The van der Waals surface area contributed by atoms with Crippen LogP contribution in [0.5, 0.6) is 0 Å². The Kier molecular flexibility index (Phi) is 3.77. The highest BCUT2D eigenvalue weighted by molar-refractivity contribution is 5.84. The molecule has 3 heteroatoms. The van der Waals surface area contributed by atoms with Gasteiger partial charge in [-0.2, -0.15) is 0 Å². The second kappa shape index (κ2) is 5.30. The van der Waals surface area contributed by atoms with Crippen LogP contribution >= 0.6 is 0 Å². The van der Waals surface area contributed by atoms with Crippen LogP contribution in [0.25, 0.3) is 0 Å². The molecule has 0 amide bonds. The topological polar surface area (TPSA) is 20.3 Å². The molecule has 17 heavy (non-hydrogen) atoms. The predicted octanol–water partition coefficient (Wildman–Crippen LogP) is 3.26. The molecule has 0 aromatic heterocycles. The molecule has 0 heterocycles. The van der Waals surface area contributed by atoms with Crippen LogP contribution in [0.15, 0.2) is 18.2 Å². The predicted molar refractivity (Wildman–Crippen MR) is 67.0 cm³/mol. The molecule has 0 radical (unpaired) electrons. The molecule has 0 N–H and O–H groups in total. The number of halogens is 1. The summed E-state index contributed by atoms with van der Waals surface area (Å²) in [6.45, 7) is 4.02. The third-order valence-electron chi connectivity index (χ3n) is 3.13. The van der Waals surface area contributed by atoms with Gasteiger partial charge in [0.1, 0.15) is 5.82 Å². The Labute approximate surface area is 101 Å². The van der Waals surface area contributed by atoms with Crippen molar-refractivity contribution in [3.63, 3.8) is 0 Å². The number of rotatable bonds is 6. The van der Waals surface area contributed by atoms with E-state index >= 15 is 0 Å². The zero-order valence-electron chi connectivity index (χ0n) is 10.2. The molecule has 1 aliphatic carbocycles. The van der Waals surface area contributed by atoms with E-state index in [0.29, 0.717) is 5.56 Å². The van der Waals surface area contributed by atoms with Gasteiger partial charge in [-0.05, 0) is 43.4 Å². The molecule has 0 aliphatic heterocycles. The van der Waals surface area contributed by atoms with Crippen molar-refractivity contribution in [2.45, 2.75) is 26.2 Å². The van der Waals surface area contributed by atoms with Gasteiger partial charge in [0.2, 0.25) is 0 Å². The zero-order chi connectivity index (χ0) is 12.3. The highest BCUT2D eigenvalue weighted by Gasteiger charge is 2.25. The number of aldehydes is 1. The van der Waals surface area contributed by atoms with Crippen LogP contribution in [0.2, 0.25) is 0 Å². The molecular formula is C14H18FNO.